The van der Waals surface area contributed by atoms with Gasteiger partial charge in [-0.15, -0.1) is 0 Å². The molecule has 0 fully saturated rings. The van der Waals surface area contributed by atoms with Gasteiger partial charge in [-0.1, -0.05) is 0 Å². The molecular weight excluding hydrogens is 284 g/mol. The molecule has 0 aliphatic carbocycles. The SMILES string of the molecule is COC(=O)CC(CC(CC(=O)OC)C(=O)OC)C(=O)OC. The summed E-state index contributed by atoms with van der Waals surface area (Å²) in [7, 11) is 4.70. The van der Waals surface area contributed by atoms with Crippen LogP contribution in [0.1, 0.15) is 19.3 Å². The van der Waals surface area contributed by atoms with E-state index in [9.17, 15) is 19.2 Å². The van der Waals surface area contributed by atoms with E-state index in [4.69, 9.17) is 0 Å². The molecule has 0 aliphatic heterocycles. The first-order valence-corrected chi connectivity index (χ1v) is 6.18. The second-order valence-electron chi connectivity index (χ2n) is 4.24. The summed E-state index contributed by atoms with van der Waals surface area (Å²) in [4.78, 5) is 45.9. The standard InChI is InChI=1S/C13H20O8/c1-18-10(14)6-8(12(16)20-3)5-9(13(17)21-4)7-11(15)19-2/h8-9H,5-7H2,1-4H3. The van der Waals surface area contributed by atoms with Crippen molar-refractivity contribution in [1.82, 2.24) is 0 Å². The lowest BCUT2D eigenvalue weighted by Crippen LogP contribution is -2.28. The number of ether oxygens (including phenoxy) is 4. The van der Waals surface area contributed by atoms with Crippen molar-refractivity contribution in [3.05, 3.63) is 0 Å². The van der Waals surface area contributed by atoms with Crippen LogP contribution in [0, 0.1) is 11.8 Å². The number of carbonyl (C=O) groups is 4. The van der Waals surface area contributed by atoms with E-state index >= 15 is 0 Å². The Morgan fingerprint density at radius 2 is 1.00 bits per heavy atom. The van der Waals surface area contributed by atoms with Crippen molar-refractivity contribution in [3.63, 3.8) is 0 Å². The Hall–Kier alpha value is -2.12. The van der Waals surface area contributed by atoms with Crippen molar-refractivity contribution in [2.45, 2.75) is 19.3 Å². The fraction of sp³-hybridized carbons (Fsp3) is 0.692. The molecule has 21 heavy (non-hydrogen) atoms. The monoisotopic (exact) mass is 304 g/mol. The number of carbonyl (C=O) groups excluding carboxylic acids is 4. The van der Waals surface area contributed by atoms with Crippen LogP contribution in [0.15, 0.2) is 0 Å². The number of rotatable bonds is 8. The summed E-state index contributed by atoms with van der Waals surface area (Å²) in [5.74, 6) is -4.38. The van der Waals surface area contributed by atoms with Crippen LogP contribution < -0.4 is 0 Å². The van der Waals surface area contributed by atoms with E-state index in [0.717, 1.165) is 0 Å². The Morgan fingerprint density at radius 1 is 0.667 bits per heavy atom. The van der Waals surface area contributed by atoms with Crippen LogP contribution in [0.2, 0.25) is 0 Å². The Bertz CT molecular complexity index is 354. The average molecular weight is 304 g/mol. The summed E-state index contributed by atoms with van der Waals surface area (Å²) in [6, 6.07) is 0. The van der Waals surface area contributed by atoms with E-state index in [1.807, 2.05) is 0 Å². The first-order valence-electron chi connectivity index (χ1n) is 6.18. The van der Waals surface area contributed by atoms with Gasteiger partial charge < -0.3 is 18.9 Å². The lowest BCUT2D eigenvalue weighted by atomic mass is 9.90. The fourth-order valence-electron chi connectivity index (χ4n) is 1.77. The van der Waals surface area contributed by atoms with E-state index in [1.54, 1.807) is 0 Å². The predicted octanol–water partition coefficient (Wildman–Crippen LogP) is 0.0811. The normalized spacial score (nSPS) is 12.8. The maximum Gasteiger partial charge on any atom is 0.309 e. The summed E-state index contributed by atoms with van der Waals surface area (Å²) in [5.41, 5.74) is 0. The van der Waals surface area contributed by atoms with Crippen LogP contribution in [0.5, 0.6) is 0 Å². The largest absolute Gasteiger partial charge is 0.469 e. The zero-order valence-electron chi connectivity index (χ0n) is 12.5. The van der Waals surface area contributed by atoms with Gasteiger partial charge in [0.05, 0.1) is 53.1 Å². The summed E-state index contributed by atoms with van der Waals surface area (Å²) in [6.07, 6.45) is -0.584. The van der Waals surface area contributed by atoms with E-state index in [1.165, 1.54) is 28.4 Å². The molecular formula is C13H20O8. The van der Waals surface area contributed by atoms with Crippen molar-refractivity contribution in [1.29, 1.82) is 0 Å². The van der Waals surface area contributed by atoms with Gasteiger partial charge in [0.15, 0.2) is 0 Å². The van der Waals surface area contributed by atoms with E-state index in [2.05, 4.69) is 18.9 Å². The number of hydrogen-bond acceptors (Lipinski definition) is 8. The molecule has 0 radical (unpaired) electrons. The number of methoxy groups -OCH3 is 4. The number of hydrogen-bond donors (Lipinski definition) is 0. The van der Waals surface area contributed by atoms with Crippen LogP contribution in [0.4, 0.5) is 0 Å². The lowest BCUT2D eigenvalue weighted by molar-refractivity contribution is -0.157. The molecule has 0 bridgehead atoms. The van der Waals surface area contributed by atoms with Crippen LogP contribution in [0.25, 0.3) is 0 Å². The van der Waals surface area contributed by atoms with E-state index in [0.29, 0.717) is 0 Å². The zero-order valence-corrected chi connectivity index (χ0v) is 12.5. The highest BCUT2D eigenvalue weighted by Crippen LogP contribution is 2.22. The van der Waals surface area contributed by atoms with Crippen molar-refractivity contribution in [2.75, 3.05) is 28.4 Å². The molecule has 0 amide bonds. The first kappa shape index (κ1) is 18.9. The van der Waals surface area contributed by atoms with Crippen LogP contribution in [-0.2, 0) is 38.1 Å². The Balaban J connectivity index is 5.00. The Kier molecular flexibility index (Phi) is 8.75. The van der Waals surface area contributed by atoms with Gasteiger partial charge in [0.1, 0.15) is 0 Å². The highest BCUT2D eigenvalue weighted by atomic mass is 16.5. The molecule has 8 nitrogen and oxygen atoms in total. The Labute approximate surface area is 122 Å². The molecule has 0 heterocycles. The lowest BCUT2D eigenvalue weighted by Gasteiger charge is -2.19. The minimum Gasteiger partial charge on any atom is -0.469 e. The van der Waals surface area contributed by atoms with Gasteiger partial charge in [0.25, 0.3) is 0 Å². The van der Waals surface area contributed by atoms with Crippen molar-refractivity contribution in [3.8, 4) is 0 Å². The second-order valence-corrected chi connectivity index (χ2v) is 4.24. The molecule has 0 aromatic rings. The van der Waals surface area contributed by atoms with Gasteiger partial charge in [-0.05, 0) is 6.42 Å². The minimum absolute atomic E-state index is 0.0798. The van der Waals surface area contributed by atoms with Gasteiger partial charge >= 0.3 is 23.9 Å². The van der Waals surface area contributed by atoms with Crippen LogP contribution >= 0.6 is 0 Å². The maximum absolute atomic E-state index is 11.7. The second kappa shape index (κ2) is 9.73. The highest BCUT2D eigenvalue weighted by Gasteiger charge is 2.32. The summed E-state index contributed by atoms with van der Waals surface area (Å²) < 4.78 is 18.2. The molecule has 0 saturated carbocycles. The topological polar surface area (TPSA) is 105 Å². The molecule has 8 heteroatoms. The molecule has 0 N–H and O–H groups in total. The first-order chi connectivity index (χ1) is 9.89. The number of esters is 4. The molecule has 2 atom stereocenters. The fourth-order valence-corrected chi connectivity index (χ4v) is 1.77. The molecule has 0 aromatic carbocycles. The third-order valence-corrected chi connectivity index (χ3v) is 2.92. The molecule has 0 rings (SSSR count). The van der Waals surface area contributed by atoms with Crippen molar-refractivity contribution < 1.29 is 38.1 Å². The minimum atomic E-state index is -0.906. The molecule has 0 aromatic heterocycles. The third-order valence-electron chi connectivity index (χ3n) is 2.92. The average Bonchev–Trinajstić information content (AvgIpc) is 2.50. The predicted molar refractivity (Wildman–Crippen MR) is 68.9 cm³/mol. The molecule has 0 aliphatic rings. The maximum atomic E-state index is 11.7. The highest BCUT2D eigenvalue weighted by molar-refractivity contribution is 5.83. The van der Waals surface area contributed by atoms with Gasteiger partial charge in [0.2, 0.25) is 0 Å². The van der Waals surface area contributed by atoms with E-state index in [-0.39, 0.29) is 19.3 Å². The van der Waals surface area contributed by atoms with Gasteiger partial charge in [-0.2, -0.15) is 0 Å². The zero-order chi connectivity index (χ0) is 16.4. The van der Waals surface area contributed by atoms with Crippen LogP contribution in [-0.4, -0.2) is 52.3 Å². The van der Waals surface area contributed by atoms with Crippen molar-refractivity contribution in [2.24, 2.45) is 11.8 Å². The smallest absolute Gasteiger partial charge is 0.309 e. The van der Waals surface area contributed by atoms with E-state index < -0.39 is 35.7 Å². The molecule has 0 saturated heterocycles. The Morgan fingerprint density at radius 3 is 1.24 bits per heavy atom. The quantitative estimate of drug-likeness (QED) is 0.458. The molecule has 0 spiro atoms. The summed E-state index contributed by atoms with van der Waals surface area (Å²) >= 11 is 0. The van der Waals surface area contributed by atoms with Gasteiger partial charge in [-0.3, -0.25) is 19.2 Å². The van der Waals surface area contributed by atoms with Gasteiger partial charge in [-0.25, -0.2) is 0 Å². The van der Waals surface area contributed by atoms with Crippen molar-refractivity contribution >= 4 is 23.9 Å². The van der Waals surface area contributed by atoms with Crippen LogP contribution in [0.3, 0.4) is 0 Å². The third kappa shape index (κ3) is 6.73. The summed E-state index contributed by atoms with van der Waals surface area (Å²) in [6.45, 7) is 0. The van der Waals surface area contributed by atoms with Gasteiger partial charge in [0, 0.05) is 0 Å². The summed E-state index contributed by atoms with van der Waals surface area (Å²) in [5, 5.41) is 0. The molecule has 120 valence electrons. The molecule has 2 unspecified atom stereocenters.